The van der Waals surface area contributed by atoms with Crippen LogP contribution in [-0.2, 0) is 0 Å². The van der Waals surface area contributed by atoms with Gasteiger partial charge in [-0.15, -0.1) is 0 Å². The zero-order valence-corrected chi connectivity index (χ0v) is 11.5. The van der Waals surface area contributed by atoms with Crippen LogP contribution in [0.3, 0.4) is 0 Å². The largest absolute Gasteiger partial charge is 0.415 e. The van der Waals surface area contributed by atoms with Gasteiger partial charge in [-0.3, -0.25) is 10.1 Å². The predicted molar refractivity (Wildman–Crippen MR) is 72.2 cm³/mol. The summed E-state index contributed by atoms with van der Waals surface area (Å²) in [6.07, 6.45) is 0. The molecule has 0 saturated heterocycles. The molecular formula is C13H7BrFNO4. The lowest BCUT2D eigenvalue weighted by Gasteiger charge is -2.06. The molecule has 0 aliphatic rings. The quantitative estimate of drug-likeness (QED) is 0.370. The number of hydrogen-bond acceptors (Lipinski definition) is 4. The third-order valence-corrected chi connectivity index (χ3v) is 3.11. The summed E-state index contributed by atoms with van der Waals surface area (Å²) >= 11 is 3.16. The second-order valence-corrected chi connectivity index (χ2v) is 4.59. The van der Waals surface area contributed by atoms with Crippen molar-refractivity contribution in [3.8, 4) is 5.75 Å². The molecule has 5 nitrogen and oxygen atoms in total. The monoisotopic (exact) mass is 339 g/mol. The van der Waals surface area contributed by atoms with Crippen LogP contribution in [0.2, 0.25) is 0 Å². The van der Waals surface area contributed by atoms with Gasteiger partial charge >= 0.3 is 11.7 Å². The smallest absolute Gasteiger partial charge is 0.344 e. The molecule has 0 radical (unpaired) electrons. The number of esters is 1. The highest BCUT2D eigenvalue weighted by Crippen LogP contribution is 2.29. The minimum absolute atomic E-state index is 0.186. The number of carbonyl (C=O) groups is 1. The van der Waals surface area contributed by atoms with Gasteiger partial charge in [0.15, 0.2) is 0 Å². The summed E-state index contributed by atoms with van der Waals surface area (Å²) in [5.41, 5.74) is -0.294. The maximum absolute atomic E-state index is 13.1. The Morgan fingerprint density at radius 3 is 2.60 bits per heavy atom. The summed E-state index contributed by atoms with van der Waals surface area (Å²) in [4.78, 5) is 22.0. The summed E-state index contributed by atoms with van der Waals surface area (Å²) < 4.78 is 18.5. The minimum Gasteiger partial charge on any atom is -0.415 e. The Morgan fingerprint density at radius 1 is 1.25 bits per heavy atom. The Balaban J connectivity index is 2.35. The molecule has 7 heteroatoms. The Hall–Kier alpha value is -2.28. The van der Waals surface area contributed by atoms with Crippen LogP contribution in [0.1, 0.15) is 10.4 Å². The molecule has 0 unspecified atom stereocenters. The maximum atomic E-state index is 13.1. The van der Waals surface area contributed by atoms with Crippen LogP contribution in [0.15, 0.2) is 46.9 Å². The third kappa shape index (κ3) is 3.00. The lowest BCUT2D eigenvalue weighted by molar-refractivity contribution is -0.385. The molecule has 0 N–H and O–H groups in total. The molecule has 0 aliphatic heterocycles. The molecule has 0 atom stereocenters. The zero-order valence-electron chi connectivity index (χ0n) is 9.88. The van der Waals surface area contributed by atoms with E-state index in [9.17, 15) is 19.3 Å². The van der Waals surface area contributed by atoms with Crippen molar-refractivity contribution in [3.05, 3.63) is 68.4 Å². The number of carbonyl (C=O) groups excluding carboxylic acids is 1. The van der Waals surface area contributed by atoms with Crippen molar-refractivity contribution in [2.45, 2.75) is 0 Å². The first-order valence-electron chi connectivity index (χ1n) is 5.39. The van der Waals surface area contributed by atoms with E-state index in [1.54, 1.807) is 18.2 Å². The topological polar surface area (TPSA) is 69.4 Å². The molecule has 0 heterocycles. The van der Waals surface area contributed by atoms with Crippen LogP contribution >= 0.6 is 15.9 Å². The van der Waals surface area contributed by atoms with Gasteiger partial charge in [-0.1, -0.05) is 12.1 Å². The highest BCUT2D eigenvalue weighted by molar-refractivity contribution is 9.10. The van der Waals surface area contributed by atoms with Gasteiger partial charge in [0.1, 0.15) is 5.82 Å². The molecular weight excluding hydrogens is 333 g/mol. The zero-order chi connectivity index (χ0) is 14.7. The first-order chi connectivity index (χ1) is 9.49. The van der Waals surface area contributed by atoms with Crippen molar-refractivity contribution in [2.75, 3.05) is 0 Å². The third-order valence-electron chi connectivity index (χ3n) is 2.41. The van der Waals surface area contributed by atoms with E-state index >= 15 is 0 Å². The number of nitro groups is 1. The second-order valence-electron chi connectivity index (χ2n) is 3.74. The SMILES string of the molecule is O=C(Oc1cc(F)ccc1[N+](=O)[O-])c1ccccc1Br. The summed E-state index contributed by atoms with van der Waals surface area (Å²) in [5, 5.41) is 10.8. The number of rotatable bonds is 3. The highest BCUT2D eigenvalue weighted by atomic mass is 79.9. The lowest BCUT2D eigenvalue weighted by Crippen LogP contribution is -2.10. The number of ether oxygens (including phenoxy) is 1. The van der Waals surface area contributed by atoms with E-state index in [2.05, 4.69) is 15.9 Å². The van der Waals surface area contributed by atoms with Crippen molar-refractivity contribution >= 4 is 27.6 Å². The molecule has 102 valence electrons. The average molecular weight is 340 g/mol. The van der Waals surface area contributed by atoms with Gasteiger partial charge in [-0.05, 0) is 34.1 Å². The fourth-order valence-corrected chi connectivity index (χ4v) is 1.95. The van der Waals surface area contributed by atoms with E-state index in [0.29, 0.717) is 4.47 Å². The standard InChI is InChI=1S/C13H7BrFNO4/c14-10-4-2-1-3-9(10)13(17)20-12-7-8(15)5-6-11(12)16(18)19/h1-7H. The highest BCUT2D eigenvalue weighted by Gasteiger charge is 2.20. The van der Waals surface area contributed by atoms with Crippen LogP contribution in [0.4, 0.5) is 10.1 Å². The summed E-state index contributed by atoms with van der Waals surface area (Å²) in [5.74, 6) is -1.98. The fourth-order valence-electron chi connectivity index (χ4n) is 1.50. The van der Waals surface area contributed by atoms with E-state index in [1.807, 2.05) is 0 Å². The normalized spacial score (nSPS) is 10.1. The van der Waals surface area contributed by atoms with E-state index in [4.69, 9.17) is 4.74 Å². The average Bonchev–Trinajstić information content (AvgIpc) is 2.38. The van der Waals surface area contributed by atoms with Crippen molar-refractivity contribution in [1.29, 1.82) is 0 Å². The van der Waals surface area contributed by atoms with Gasteiger partial charge in [-0.25, -0.2) is 9.18 Å². The van der Waals surface area contributed by atoms with Crippen LogP contribution in [0.25, 0.3) is 0 Å². The molecule has 0 saturated carbocycles. The molecule has 2 aromatic rings. The van der Waals surface area contributed by atoms with E-state index < -0.39 is 28.1 Å². The maximum Gasteiger partial charge on any atom is 0.344 e. The van der Waals surface area contributed by atoms with Gasteiger partial charge in [0.2, 0.25) is 5.75 Å². The molecule has 20 heavy (non-hydrogen) atoms. The lowest BCUT2D eigenvalue weighted by atomic mass is 10.2. The van der Waals surface area contributed by atoms with Gasteiger partial charge in [0.05, 0.1) is 10.5 Å². The Labute approximate surface area is 121 Å². The Morgan fingerprint density at radius 2 is 1.95 bits per heavy atom. The molecule has 0 fully saturated rings. The summed E-state index contributed by atoms with van der Waals surface area (Å²) in [6, 6.07) is 9.08. The van der Waals surface area contributed by atoms with E-state index in [-0.39, 0.29) is 5.56 Å². The minimum atomic E-state index is -0.814. The van der Waals surface area contributed by atoms with E-state index in [1.165, 1.54) is 6.07 Å². The number of hydrogen-bond donors (Lipinski definition) is 0. The molecule has 0 aliphatic carbocycles. The van der Waals surface area contributed by atoms with Crippen LogP contribution < -0.4 is 4.74 Å². The van der Waals surface area contributed by atoms with Crippen molar-refractivity contribution < 1.29 is 18.8 Å². The first-order valence-corrected chi connectivity index (χ1v) is 6.19. The summed E-state index contributed by atoms with van der Waals surface area (Å²) in [7, 11) is 0. The molecule has 2 aromatic carbocycles. The fraction of sp³-hybridized carbons (Fsp3) is 0. The molecule has 0 aromatic heterocycles. The molecule has 2 rings (SSSR count). The van der Waals surface area contributed by atoms with Crippen molar-refractivity contribution in [3.63, 3.8) is 0 Å². The number of benzene rings is 2. The Kier molecular flexibility index (Phi) is 4.09. The van der Waals surface area contributed by atoms with E-state index in [0.717, 1.165) is 18.2 Å². The van der Waals surface area contributed by atoms with Gasteiger partial charge < -0.3 is 4.74 Å². The summed E-state index contributed by atoms with van der Waals surface area (Å²) in [6.45, 7) is 0. The predicted octanol–water partition coefficient (Wildman–Crippen LogP) is 3.72. The molecule has 0 spiro atoms. The van der Waals surface area contributed by atoms with Crippen LogP contribution in [-0.4, -0.2) is 10.9 Å². The molecule has 0 amide bonds. The van der Waals surface area contributed by atoms with Crippen LogP contribution in [0.5, 0.6) is 5.75 Å². The number of nitrogens with zero attached hydrogens (tertiary/aromatic N) is 1. The van der Waals surface area contributed by atoms with Crippen LogP contribution in [0, 0.1) is 15.9 Å². The number of halogens is 2. The van der Waals surface area contributed by atoms with Gasteiger partial charge in [0, 0.05) is 16.6 Å². The van der Waals surface area contributed by atoms with Crippen molar-refractivity contribution in [2.24, 2.45) is 0 Å². The number of nitro benzene ring substituents is 1. The van der Waals surface area contributed by atoms with Gasteiger partial charge in [0.25, 0.3) is 0 Å². The van der Waals surface area contributed by atoms with Gasteiger partial charge in [-0.2, -0.15) is 0 Å². The Bertz CT molecular complexity index is 690. The second kappa shape index (κ2) is 5.79. The molecule has 0 bridgehead atoms. The van der Waals surface area contributed by atoms with Crippen molar-refractivity contribution in [1.82, 2.24) is 0 Å². The first kappa shape index (κ1) is 14.1.